The number of carbonyl (C=O) groups is 1. The molecule has 1 unspecified atom stereocenters. The lowest BCUT2D eigenvalue weighted by atomic mass is 10.1. The van der Waals surface area contributed by atoms with E-state index in [1.165, 1.54) is 12.2 Å². The lowest BCUT2D eigenvalue weighted by Gasteiger charge is -2.21. The van der Waals surface area contributed by atoms with Gasteiger partial charge in [0.1, 0.15) is 5.75 Å². The molecule has 0 aliphatic carbocycles. The summed E-state index contributed by atoms with van der Waals surface area (Å²) in [7, 11) is 0. The van der Waals surface area contributed by atoms with Crippen LogP contribution in [0.25, 0.3) is 0 Å². The van der Waals surface area contributed by atoms with Crippen LogP contribution in [0.4, 0.5) is 5.69 Å². The highest BCUT2D eigenvalue weighted by Crippen LogP contribution is 2.39. The van der Waals surface area contributed by atoms with E-state index in [1.807, 2.05) is 56.3 Å². The van der Waals surface area contributed by atoms with Crippen LogP contribution in [-0.4, -0.2) is 17.1 Å². The number of aliphatic hydroxyl groups excluding tert-OH is 1. The van der Waals surface area contributed by atoms with Crippen molar-refractivity contribution in [1.82, 2.24) is 0 Å². The zero-order valence-electron chi connectivity index (χ0n) is 13.9. The molecule has 0 radical (unpaired) electrons. The van der Waals surface area contributed by atoms with Gasteiger partial charge in [-0.1, -0.05) is 37.3 Å². The predicted molar refractivity (Wildman–Crippen MR) is 94.3 cm³/mol. The van der Waals surface area contributed by atoms with Crippen molar-refractivity contribution in [1.29, 1.82) is 0 Å². The number of hydrogen-bond acceptors (Lipinski definition) is 3. The summed E-state index contributed by atoms with van der Waals surface area (Å²) in [6.07, 6.45) is 2.94. The van der Waals surface area contributed by atoms with Crippen LogP contribution in [-0.2, 0) is 11.3 Å². The lowest BCUT2D eigenvalue weighted by molar-refractivity contribution is -0.114. The number of ether oxygens (including phenoxy) is 1. The van der Waals surface area contributed by atoms with Crippen molar-refractivity contribution < 1.29 is 14.6 Å². The average molecular weight is 323 g/mol. The monoisotopic (exact) mass is 323 g/mol. The minimum Gasteiger partial charge on any atom is -0.455 e. The smallest absolute Gasteiger partial charge is 0.251 e. The Morgan fingerprint density at radius 2 is 2.08 bits per heavy atom. The molecule has 1 atom stereocenters. The summed E-state index contributed by atoms with van der Waals surface area (Å²) >= 11 is 0. The fourth-order valence-corrected chi connectivity index (χ4v) is 2.65. The van der Waals surface area contributed by atoms with E-state index >= 15 is 0 Å². The minimum absolute atomic E-state index is 0.172. The first-order chi connectivity index (χ1) is 11.6. The molecule has 0 saturated carbocycles. The van der Waals surface area contributed by atoms with Gasteiger partial charge in [0.05, 0.1) is 18.3 Å². The van der Waals surface area contributed by atoms with E-state index in [2.05, 4.69) is 0 Å². The number of carbonyl (C=O) groups excluding carboxylic acids is 1. The first-order valence-corrected chi connectivity index (χ1v) is 8.12. The highest BCUT2D eigenvalue weighted by molar-refractivity contribution is 6.02. The fourth-order valence-electron chi connectivity index (χ4n) is 2.65. The fraction of sp³-hybridized carbons (Fsp3) is 0.250. The number of fused-ring (bicyclic) bond motifs is 2. The first kappa shape index (κ1) is 16.3. The Labute approximate surface area is 142 Å². The summed E-state index contributed by atoms with van der Waals surface area (Å²) in [5, 5.41) is 9.68. The summed E-state index contributed by atoms with van der Waals surface area (Å²) in [4.78, 5) is 14.4. The third-order valence-corrected chi connectivity index (χ3v) is 4.07. The Morgan fingerprint density at radius 3 is 2.88 bits per heavy atom. The molecule has 1 amide bonds. The van der Waals surface area contributed by atoms with Crippen molar-refractivity contribution in [2.45, 2.75) is 32.9 Å². The van der Waals surface area contributed by atoms with Gasteiger partial charge in [-0.25, -0.2) is 0 Å². The van der Waals surface area contributed by atoms with Crippen LogP contribution in [0.2, 0.25) is 0 Å². The van der Waals surface area contributed by atoms with Crippen molar-refractivity contribution >= 4 is 11.6 Å². The van der Waals surface area contributed by atoms with E-state index in [1.54, 1.807) is 4.90 Å². The normalized spacial score (nSPS) is 14.5. The maximum atomic E-state index is 12.7. The van der Waals surface area contributed by atoms with Crippen LogP contribution in [0, 0.1) is 6.92 Å². The summed E-state index contributed by atoms with van der Waals surface area (Å²) in [6, 6.07) is 13.5. The predicted octanol–water partition coefficient (Wildman–Crippen LogP) is 3.96. The molecular weight excluding hydrogens is 302 g/mol. The molecule has 0 fully saturated rings. The van der Waals surface area contributed by atoms with Gasteiger partial charge in [0, 0.05) is 11.6 Å². The second-order valence-corrected chi connectivity index (χ2v) is 5.94. The third kappa shape index (κ3) is 3.34. The van der Waals surface area contributed by atoms with Crippen molar-refractivity contribution in [3.05, 3.63) is 65.7 Å². The SMILES string of the molecule is CCC(O)/C=C/C(=O)N1Cc2ccccc2Oc2ccc(C)cc21. The van der Waals surface area contributed by atoms with Gasteiger partial charge in [-0.3, -0.25) is 4.79 Å². The Bertz CT molecular complexity index is 782. The molecule has 2 aromatic rings. The second kappa shape index (κ2) is 6.89. The second-order valence-electron chi connectivity index (χ2n) is 5.94. The van der Waals surface area contributed by atoms with Crippen LogP contribution in [0.5, 0.6) is 11.5 Å². The topological polar surface area (TPSA) is 49.8 Å². The van der Waals surface area contributed by atoms with Gasteiger partial charge in [-0.15, -0.1) is 0 Å². The van der Waals surface area contributed by atoms with Crippen LogP contribution >= 0.6 is 0 Å². The Kier molecular flexibility index (Phi) is 4.67. The summed E-state index contributed by atoms with van der Waals surface area (Å²) in [5.41, 5.74) is 2.75. The molecular formula is C20H21NO3. The van der Waals surface area contributed by atoms with Gasteiger partial charge in [-0.05, 0) is 37.1 Å². The van der Waals surface area contributed by atoms with Gasteiger partial charge in [0.15, 0.2) is 5.75 Å². The first-order valence-electron chi connectivity index (χ1n) is 8.12. The lowest BCUT2D eigenvalue weighted by Crippen LogP contribution is -2.28. The molecule has 24 heavy (non-hydrogen) atoms. The highest BCUT2D eigenvalue weighted by atomic mass is 16.5. The Balaban J connectivity index is 2.02. The number of aliphatic hydroxyl groups is 1. The molecule has 1 aliphatic rings. The van der Waals surface area contributed by atoms with Gasteiger partial charge >= 0.3 is 0 Å². The Hall–Kier alpha value is -2.59. The summed E-state index contributed by atoms with van der Waals surface area (Å²) in [6.45, 7) is 4.28. The van der Waals surface area contributed by atoms with Crippen LogP contribution in [0.15, 0.2) is 54.6 Å². The van der Waals surface area contributed by atoms with Gasteiger partial charge < -0.3 is 14.7 Å². The molecule has 1 heterocycles. The van der Waals surface area contributed by atoms with Crippen molar-refractivity contribution in [2.75, 3.05) is 4.90 Å². The summed E-state index contributed by atoms with van der Waals surface area (Å²) < 4.78 is 6.02. The largest absolute Gasteiger partial charge is 0.455 e. The van der Waals surface area contributed by atoms with E-state index in [-0.39, 0.29) is 5.91 Å². The number of benzene rings is 2. The summed E-state index contributed by atoms with van der Waals surface area (Å²) in [5.74, 6) is 1.24. The molecule has 4 nitrogen and oxygen atoms in total. The van der Waals surface area contributed by atoms with Crippen LogP contribution < -0.4 is 9.64 Å². The molecule has 0 aromatic heterocycles. The van der Waals surface area contributed by atoms with E-state index in [0.717, 1.165) is 22.6 Å². The van der Waals surface area contributed by atoms with E-state index in [4.69, 9.17) is 4.74 Å². The quantitative estimate of drug-likeness (QED) is 0.870. The zero-order chi connectivity index (χ0) is 17.1. The molecule has 3 rings (SSSR count). The third-order valence-electron chi connectivity index (χ3n) is 4.07. The number of para-hydroxylation sites is 1. The van der Waals surface area contributed by atoms with Gasteiger partial charge in [0.25, 0.3) is 5.91 Å². The maximum Gasteiger partial charge on any atom is 0.251 e. The average Bonchev–Trinajstić information content (AvgIpc) is 2.75. The Morgan fingerprint density at radius 1 is 1.29 bits per heavy atom. The number of rotatable bonds is 3. The standard InChI is InChI=1S/C20H21NO3/c1-3-16(22)9-11-20(23)21-13-15-6-4-5-7-18(15)24-19-10-8-14(2)12-17(19)21/h4-12,16,22H,3,13H2,1-2H3/b11-9+. The number of aryl methyl sites for hydroxylation is 1. The van der Waals surface area contributed by atoms with Crippen molar-refractivity contribution in [2.24, 2.45) is 0 Å². The number of amides is 1. The number of nitrogens with zero attached hydrogens (tertiary/aromatic N) is 1. The van der Waals surface area contributed by atoms with Crippen LogP contribution in [0.3, 0.4) is 0 Å². The highest BCUT2D eigenvalue weighted by Gasteiger charge is 2.24. The molecule has 0 bridgehead atoms. The van der Waals surface area contributed by atoms with Gasteiger partial charge in [0.2, 0.25) is 0 Å². The maximum absolute atomic E-state index is 12.7. The van der Waals surface area contributed by atoms with Gasteiger partial charge in [-0.2, -0.15) is 0 Å². The van der Waals surface area contributed by atoms with E-state index in [0.29, 0.717) is 18.7 Å². The molecule has 1 aliphatic heterocycles. The van der Waals surface area contributed by atoms with E-state index < -0.39 is 6.10 Å². The molecule has 2 aromatic carbocycles. The molecule has 124 valence electrons. The van der Waals surface area contributed by atoms with Crippen molar-refractivity contribution in [3.8, 4) is 11.5 Å². The molecule has 0 saturated heterocycles. The van der Waals surface area contributed by atoms with E-state index in [9.17, 15) is 9.90 Å². The number of anilines is 1. The molecule has 1 N–H and O–H groups in total. The molecule has 4 heteroatoms. The van der Waals surface area contributed by atoms with Crippen molar-refractivity contribution in [3.63, 3.8) is 0 Å². The number of hydrogen-bond donors (Lipinski definition) is 1. The van der Waals surface area contributed by atoms with Crippen LogP contribution in [0.1, 0.15) is 24.5 Å². The molecule has 0 spiro atoms. The zero-order valence-corrected chi connectivity index (χ0v) is 13.9. The minimum atomic E-state index is -0.610.